The Morgan fingerprint density at radius 3 is 2.36 bits per heavy atom. The Balaban J connectivity index is 1.76. The molecule has 0 atom stereocenters. The Bertz CT molecular complexity index is 978. The molecule has 0 bridgehead atoms. The molecule has 0 saturated heterocycles. The van der Waals surface area contributed by atoms with E-state index in [1.54, 1.807) is 24.3 Å². The van der Waals surface area contributed by atoms with Crippen LogP contribution in [0.25, 0.3) is 0 Å². The van der Waals surface area contributed by atoms with Crippen LogP contribution in [-0.4, -0.2) is 21.9 Å². The minimum atomic E-state index is -0.353. The van der Waals surface area contributed by atoms with Crippen LogP contribution in [0, 0.1) is 11.3 Å². The Hall–Kier alpha value is -3.72. The molecule has 0 radical (unpaired) electrons. The number of nitriles is 1. The highest BCUT2D eigenvalue weighted by molar-refractivity contribution is 6.04. The zero-order valence-corrected chi connectivity index (χ0v) is 15.8. The topological polar surface area (TPSA) is 81.9 Å². The second-order valence-electron chi connectivity index (χ2n) is 6.59. The smallest absolute Gasteiger partial charge is 0.258 e. The number of nitrogens with zero attached hydrogens (tertiary/aromatic N) is 4. The van der Waals surface area contributed by atoms with Gasteiger partial charge in [0.15, 0.2) is 0 Å². The lowest BCUT2D eigenvalue weighted by Gasteiger charge is -2.26. The van der Waals surface area contributed by atoms with E-state index in [4.69, 9.17) is 5.26 Å². The summed E-state index contributed by atoms with van der Waals surface area (Å²) >= 11 is 0. The lowest BCUT2D eigenvalue weighted by atomic mass is 10.2. The van der Waals surface area contributed by atoms with E-state index in [9.17, 15) is 4.79 Å². The highest BCUT2D eigenvalue weighted by Crippen LogP contribution is 2.17. The predicted molar refractivity (Wildman–Crippen MR) is 109 cm³/mol. The summed E-state index contributed by atoms with van der Waals surface area (Å²) in [6.45, 7) is 4.83. The van der Waals surface area contributed by atoms with Gasteiger partial charge in [0.25, 0.3) is 5.91 Å². The minimum Gasteiger partial charge on any atom is -0.334 e. The fourth-order valence-corrected chi connectivity index (χ4v) is 2.74. The highest BCUT2D eigenvalue weighted by atomic mass is 16.1. The van der Waals surface area contributed by atoms with E-state index < -0.39 is 0 Å². The summed E-state index contributed by atoms with van der Waals surface area (Å²) in [5, 5.41) is 11.9. The molecule has 0 fully saturated rings. The number of aromatic nitrogens is 2. The van der Waals surface area contributed by atoms with Gasteiger partial charge >= 0.3 is 0 Å². The molecule has 6 heteroatoms. The SMILES string of the molecule is CC(C)N(Cc1ccccc1)c1ncc(C(=O)Nc2ccccc2C#N)cn1. The van der Waals surface area contributed by atoms with Crippen LogP contribution in [0.15, 0.2) is 67.0 Å². The highest BCUT2D eigenvalue weighted by Gasteiger charge is 2.16. The molecule has 2 aromatic carbocycles. The third kappa shape index (κ3) is 4.51. The van der Waals surface area contributed by atoms with E-state index in [1.165, 1.54) is 12.4 Å². The third-order valence-electron chi connectivity index (χ3n) is 4.27. The molecule has 0 unspecified atom stereocenters. The van der Waals surface area contributed by atoms with Crippen molar-refractivity contribution in [1.82, 2.24) is 9.97 Å². The van der Waals surface area contributed by atoms with Gasteiger partial charge < -0.3 is 10.2 Å². The molecule has 28 heavy (non-hydrogen) atoms. The second kappa shape index (κ2) is 8.78. The molecule has 1 aromatic heterocycles. The van der Waals surface area contributed by atoms with Crippen LogP contribution in [0.4, 0.5) is 11.6 Å². The molecule has 140 valence electrons. The van der Waals surface area contributed by atoms with Crippen LogP contribution in [0.2, 0.25) is 0 Å². The summed E-state index contributed by atoms with van der Waals surface area (Å²) < 4.78 is 0. The molecule has 6 nitrogen and oxygen atoms in total. The number of hydrogen-bond acceptors (Lipinski definition) is 5. The van der Waals surface area contributed by atoms with Crippen molar-refractivity contribution in [3.05, 3.63) is 83.7 Å². The summed E-state index contributed by atoms with van der Waals surface area (Å²) in [4.78, 5) is 23.3. The fraction of sp³-hybridized carbons (Fsp3) is 0.182. The largest absolute Gasteiger partial charge is 0.334 e. The number of para-hydroxylation sites is 1. The Morgan fingerprint density at radius 1 is 1.07 bits per heavy atom. The van der Waals surface area contributed by atoms with Gasteiger partial charge in [-0.3, -0.25) is 4.79 Å². The maximum absolute atomic E-state index is 12.5. The first-order valence-electron chi connectivity index (χ1n) is 9.01. The number of nitrogens with one attached hydrogen (secondary N) is 1. The van der Waals surface area contributed by atoms with Gasteiger partial charge in [-0.2, -0.15) is 5.26 Å². The van der Waals surface area contributed by atoms with Crippen molar-refractivity contribution >= 4 is 17.5 Å². The molecule has 0 saturated carbocycles. The first-order chi connectivity index (χ1) is 13.6. The quantitative estimate of drug-likeness (QED) is 0.708. The lowest BCUT2D eigenvalue weighted by molar-refractivity contribution is 0.102. The van der Waals surface area contributed by atoms with Crippen LogP contribution < -0.4 is 10.2 Å². The average Bonchev–Trinajstić information content (AvgIpc) is 2.73. The Kier molecular flexibility index (Phi) is 5.97. The third-order valence-corrected chi connectivity index (χ3v) is 4.27. The number of carbonyl (C=O) groups excluding carboxylic acids is 1. The van der Waals surface area contributed by atoms with E-state index in [2.05, 4.69) is 52.2 Å². The molecule has 0 aliphatic rings. The maximum atomic E-state index is 12.5. The molecular formula is C22H21N5O. The number of anilines is 2. The van der Waals surface area contributed by atoms with Crippen LogP contribution in [0.5, 0.6) is 0 Å². The van der Waals surface area contributed by atoms with Crippen molar-refractivity contribution in [3.63, 3.8) is 0 Å². The zero-order chi connectivity index (χ0) is 19.9. The summed E-state index contributed by atoms with van der Waals surface area (Å²) in [6, 6.07) is 19.2. The Labute approximate surface area is 164 Å². The average molecular weight is 371 g/mol. The molecule has 3 rings (SSSR count). The molecule has 1 amide bonds. The molecule has 0 aliphatic heterocycles. The van der Waals surface area contributed by atoms with E-state index in [0.29, 0.717) is 29.3 Å². The molecule has 3 aromatic rings. The number of benzene rings is 2. The van der Waals surface area contributed by atoms with Crippen molar-refractivity contribution in [2.24, 2.45) is 0 Å². The first kappa shape index (κ1) is 19.1. The van der Waals surface area contributed by atoms with Crippen molar-refractivity contribution in [3.8, 4) is 6.07 Å². The first-order valence-corrected chi connectivity index (χ1v) is 9.01. The maximum Gasteiger partial charge on any atom is 0.258 e. The van der Waals surface area contributed by atoms with Gasteiger partial charge in [0, 0.05) is 25.0 Å². The predicted octanol–water partition coefficient (Wildman–Crippen LogP) is 4.02. The van der Waals surface area contributed by atoms with E-state index in [1.807, 2.05) is 18.2 Å². The van der Waals surface area contributed by atoms with Crippen molar-refractivity contribution in [2.45, 2.75) is 26.4 Å². The number of carbonyl (C=O) groups is 1. The summed E-state index contributed by atoms with van der Waals surface area (Å²) in [5.74, 6) is 0.209. The van der Waals surface area contributed by atoms with E-state index in [-0.39, 0.29) is 11.9 Å². The monoisotopic (exact) mass is 371 g/mol. The van der Waals surface area contributed by atoms with E-state index in [0.717, 1.165) is 5.56 Å². The van der Waals surface area contributed by atoms with Gasteiger partial charge in [0.2, 0.25) is 5.95 Å². The number of amides is 1. The zero-order valence-electron chi connectivity index (χ0n) is 15.8. The Morgan fingerprint density at radius 2 is 1.71 bits per heavy atom. The van der Waals surface area contributed by atoms with Gasteiger partial charge in [-0.05, 0) is 31.5 Å². The van der Waals surface area contributed by atoms with Crippen molar-refractivity contribution in [1.29, 1.82) is 5.26 Å². The van der Waals surface area contributed by atoms with Gasteiger partial charge in [-0.1, -0.05) is 42.5 Å². The number of rotatable bonds is 6. The van der Waals surface area contributed by atoms with Crippen LogP contribution in [0.3, 0.4) is 0 Å². The molecular weight excluding hydrogens is 350 g/mol. The lowest BCUT2D eigenvalue weighted by Crippen LogP contribution is -2.31. The van der Waals surface area contributed by atoms with Crippen LogP contribution in [0.1, 0.15) is 35.3 Å². The summed E-state index contributed by atoms with van der Waals surface area (Å²) in [7, 11) is 0. The van der Waals surface area contributed by atoms with Gasteiger partial charge in [-0.25, -0.2) is 9.97 Å². The normalized spacial score (nSPS) is 10.4. The molecule has 1 heterocycles. The minimum absolute atomic E-state index is 0.197. The summed E-state index contributed by atoms with van der Waals surface area (Å²) in [5.41, 5.74) is 2.36. The second-order valence-corrected chi connectivity index (χ2v) is 6.59. The number of hydrogen-bond donors (Lipinski definition) is 1. The van der Waals surface area contributed by atoms with Crippen LogP contribution >= 0.6 is 0 Å². The standard InChI is InChI=1S/C22H21N5O/c1-16(2)27(15-17-8-4-3-5-9-17)22-24-13-19(14-25-22)21(28)26-20-11-7-6-10-18(20)12-23/h3-11,13-14,16H,15H2,1-2H3,(H,26,28). The van der Waals surface area contributed by atoms with Crippen LogP contribution in [-0.2, 0) is 6.54 Å². The molecule has 0 aliphatic carbocycles. The van der Waals surface area contributed by atoms with Gasteiger partial charge in [0.05, 0.1) is 16.8 Å². The van der Waals surface area contributed by atoms with Gasteiger partial charge in [0.1, 0.15) is 6.07 Å². The van der Waals surface area contributed by atoms with Gasteiger partial charge in [-0.15, -0.1) is 0 Å². The van der Waals surface area contributed by atoms with Crippen molar-refractivity contribution < 1.29 is 4.79 Å². The summed E-state index contributed by atoms with van der Waals surface area (Å²) in [6.07, 6.45) is 3.01. The molecule has 1 N–H and O–H groups in total. The molecule has 0 spiro atoms. The fourth-order valence-electron chi connectivity index (χ4n) is 2.74. The van der Waals surface area contributed by atoms with E-state index >= 15 is 0 Å². The van der Waals surface area contributed by atoms with Crippen molar-refractivity contribution in [2.75, 3.05) is 10.2 Å².